The Balaban J connectivity index is 2.02. The molecule has 0 fully saturated rings. The van der Waals surface area contributed by atoms with E-state index in [0.717, 1.165) is 23.4 Å². The van der Waals surface area contributed by atoms with E-state index in [4.69, 9.17) is 4.74 Å². The van der Waals surface area contributed by atoms with Crippen molar-refractivity contribution in [2.24, 2.45) is 5.10 Å². The molecule has 0 amide bonds. The van der Waals surface area contributed by atoms with E-state index in [0.29, 0.717) is 0 Å². The summed E-state index contributed by atoms with van der Waals surface area (Å²) in [7, 11) is 1.59. The maximum atomic E-state index is 13.3. The van der Waals surface area contributed by atoms with Crippen LogP contribution in [0, 0.1) is 11.6 Å². The molecule has 0 aliphatic heterocycles. The maximum Gasteiger partial charge on any atom is 0.151 e. The fraction of sp³-hybridized carbons (Fsp3) is 0.0714. The highest BCUT2D eigenvalue weighted by atomic mass is 19.1. The Labute approximate surface area is 109 Å². The van der Waals surface area contributed by atoms with Gasteiger partial charge >= 0.3 is 0 Å². The van der Waals surface area contributed by atoms with Crippen molar-refractivity contribution < 1.29 is 13.5 Å². The van der Waals surface area contributed by atoms with Crippen LogP contribution in [0.2, 0.25) is 0 Å². The van der Waals surface area contributed by atoms with Gasteiger partial charge < -0.3 is 4.74 Å². The van der Waals surface area contributed by atoms with E-state index in [1.54, 1.807) is 19.2 Å². The minimum atomic E-state index is -0.688. The van der Waals surface area contributed by atoms with Gasteiger partial charge in [-0.3, -0.25) is 5.43 Å². The second-order valence-electron chi connectivity index (χ2n) is 3.77. The van der Waals surface area contributed by atoms with Gasteiger partial charge in [0.05, 0.1) is 19.0 Å². The van der Waals surface area contributed by atoms with Crippen molar-refractivity contribution in [1.29, 1.82) is 0 Å². The second kappa shape index (κ2) is 5.95. The predicted octanol–water partition coefficient (Wildman–Crippen LogP) is 3.42. The van der Waals surface area contributed by atoms with Crippen LogP contribution in [0.5, 0.6) is 5.75 Å². The molecule has 3 nitrogen and oxygen atoms in total. The molecule has 0 bridgehead atoms. The van der Waals surface area contributed by atoms with Gasteiger partial charge in [0.1, 0.15) is 11.6 Å². The van der Waals surface area contributed by atoms with Crippen LogP contribution in [-0.2, 0) is 0 Å². The molecule has 2 aromatic rings. The van der Waals surface area contributed by atoms with Gasteiger partial charge in [-0.1, -0.05) is 0 Å². The third-order valence-corrected chi connectivity index (χ3v) is 2.45. The van der Waals surface area contributed by atoms with Crippen LogP contribution in [0.1, 0.15) is 5.56 Å². The van der Waals surface area contributed by atoms with Gasteiger partial charge in [0.15, 0.2) is 5.82 Å². The van der Waals surface area contributed by atoms with Crippen molar-refractivity contribution >= 4 is 11.9 Å². The van der Waals surface area contributed by atoms with Crippen molar-refractivity contribution in [2.75, 3.05) is 12.5 Å². The largest absolute Gasteiger partial charge is 0.497 e. The highest BCUT2D eigenvalue weighted by molar-refractivity contribution is 5.80. The molecule has 98 valence electrons. The van der Waals surface area contributed by atoms with Gasteiger partial charge in [-0.05, 0) is 42.0 Å². The number of anilines is 1. The molecule has 0 aliphatic rings. The molecular weight excluding hydrogens is 250 g/mol. The third kappa shape index (κ3) is 3.51. The van der Waals surface area contributed by atoms with Gasteiger partial charge in [0, 0.05) is 6.07 Å². The quantitative estimate of drug-likeness (QED) is 0.676. The van der Waals surface area contributed by atoms with E-state index in [2.05, 4.69) is 10.5 Å². The van der Waals surface area contributed by atoms with Crippen molar-refractivity contribution in [3.63, 3.8) is 0 Å². The molecule has 5 heteroatoms. The number of benzene rings is 2. The van der Waals surface area contributed by atoms with E-state index in [1.165, 1.54) is 12.3 Å². The number of rotatable bonds is 4. The lowest BCUT2D eigenvalue weighted by Crippen LogP contribution is -1.94. The summed E-state index contributed by atoms with van der Waals surface area (Å²) < 4.78 is 31.0. The number of nitrogens with zero attached hydrogens (tertiary/aromatic N) is 1. The molecule has 2 rings (SSSR count). The first-order chi connectivity index (χ1) is 9.19. The Morgan fingerprint density at radius 3 is 2.47 bits per heavy atom. The van der Waals surface area contributed by atoms with Gasteiger partial charge in [-0.2, -0.15) is 5.10 Å². The predicted molar refractivity (Wildman–Crippen MR) is 70.6 cm³/mol. The summed E-state index contributed by atoms with van der Waals surface area (Å²) in [5, 5.41) is 3.88. The average molecular weight is 262 g/mol. The first-order valence-corrected chi connectivity index (χ1v) is 5.57. The maximum absolute atomic E-state index is 13.3. The Morgan fingerprint density at radius 2 is 1.84 bits per heavy atom. The number of halogens is 2. The van der Waals surface area contributed by atoms with Crippen molar-refractivity contribution in [2.45, 2.75) is 0 Å². The summed E-state index contributed by atoms with van der Waals surface area (Å²) >= 11 is 0. The standard InChI is InChI=1S/C14H12F2N2O/c1-19-12-5-2-10(3-6-12)9-17-18-14-7-4-11(15)8-13(14)16/h2-9,18H,1H3. The molecule has 0 spiro atoms. The summed E-state index contributed by atoms with van der Waals surface area (Å²) in [5.74, 6) is -0.566. The Kier molecular flexibility index (Phi) is 4.07. The lowest BCUT2D eigenvalue weighted by molar-refractivity contribution is 0.415. The van der Waals surface area contributed by atoms with Crippen LogP contribution in [0.3, 0.4) is 0 Å². The minimum absolute atomic E-state index is 0.117. The van der Waals surface area contributed by atoms with Crippen LogP contribution in [0.25, 0.3) is 0 Å². The van der Waals surface area contributed by atoms with Gasteiger partial charge in [0.25, 0.3) is 0 Å². The lowest BCUT2D eigenvalue weighted by Gasteiger charge is -2.02. The SMILES string of the molecule is COc1ccc(C=NNc2ccc(F)cc2F)cc1. The van der Waals surface area contributed by atoms with Crippen LogP contribution in [-0.4, -0.2) is 13.3 Å². The molecule has 0 aliphatic carbocycles. The van der Waals surface area contributed by atoms with E-state index >= 15 is 0 Å². The zero-order valence-electron chi connectivity index (χ0n) is 10.2. The minimum Gasteiger partial charge on any atom is -0.497 e. The molecule has 0 saturated heterocycles. The molecule has 1 N–H and O–H groups in total. The highest BCUT2D eigenvalue weighted by Crippen LogP contribution is 2.15. The number of nitrogens with one attached hydrogen (secondary N) is 1. The molecule has 0 unspecified atom stereocenters. The summed E-state index contributed by atoms with van der Waals surface area (Å²) in [4.78, 5) is 0. The van der Waals surface area contributed by atoms with E-state index in [1.807, 2.05) is 12.1 Å². The summed E-state index contributed by atoms with van der Waals surface area (Å²) in [6, 6.07) is 10.4. The smallest absolute Gasteiger partial charge is 0.151 e. The van der Waals surface area contributed by atoms with Crippen molar-refractivity contribution in [1.82, 2.24) is 0 Å². The summed E-state index contributed by atoms with van der Waals surface area (Å²) in [5.41, 5.74) is 3.46. The van der Waals surface area contributed by atoms with E-state index in [-0.39, 0.29) is 5.69 Å². The monoisotopic (exact) mass is 262 g/mol. The van der Waals surface area contributed by atoms with Gasteiger partial charge in [-0.15, -0.1) is 0 Å². The number of methoxy groups -OCH3 is 1. The van der Waals surface area contributed by atoms with E-state index in [9.17, 15) is 8.78 Å². The Bertz CT molecular complexity index is 582. The second-order valence-corrected chi connectivity index (χ2v) is 3.77. The number of hydrazone groups is 1. The molecular formula is C14H12F2N2O. The highest BCUT2D eigenvalue weighted by Gasteiger charge is 2.01. The first kappa shape index (κ1) is 13.0. The molecule has 0 saturated carbocycles. The number of hydrogen-bond donors (Lipinski definition) is 1. The molecule has 0 radical (unpaired) electrons. The van der Waals surface area contributed by atoms with Crippen LogP contribution in [0.15, 0.2) is 47.6 Å². The van der Waals surface area contributed by atoms with E-state index < -0.39 is 11.6 Å². The van der Waals surface area contributed by atoms with Gasteiger partial charge in [-0.25, -0.2) is 8.78 Å². The fourth-order valence-corrected chi connectivity index (χ4v) is 1.45. The summed E-state index contributed by atoms with van der Waals surface area (Å²) in [6.07, 6.45) is 1.53. The fourth-order valence-electron chi connectivity index (χ4n) is 1.45. The zero-order chi connectivity index (χ0) is 13.7. The first-order valence-electron chi connectivity index (χ1n) is 5.57. The molecule has 0 aromatic heterocycles. The molecule has 0 atom stereocenters. The molecule has 0 heterocycles. The number of ether oxygens (including phenoxy) is 1. The topological polar surface area (TPSA) is 33.6 Å². The van der Waals surface area contributed by atoms with Crippen molar-refractivity contribution in [3.8, 4) is 5.75 Å². The average Bonchev–Trinajstić information content (AvgIpc) is 2.42. The normalized spacial score (nSPS) is 10.7. The van der Waals surface area contributed by atoms with Crippen molar-refractivity contribution in [3.05, 3.63) is 59.7 Å². The Hall–Kier alpha value is -2.43. The molecule has 2 aromatic carbocycles. The molecule has 19 heavy (non-hydrogen) atoms. The Morgan fingerprint density at radius 1 is 1.11 bits per heavy atom. The third-order valence-electron chi connectivity index (χ3n) is 2.45. The van der Waals surface area contributed by atoms with Crippen LogP contribution in [0.4, 0.5) is 14.5 Å². The lowest BCUT2D eigenvalue weighted by atomic mass is 10.2. The van der Waals surface area contributed by atoms with Crippen LogP contribution >= 0.6 is 0 Å². The number of hydrogen-bond acceptors (Lipinski definition) is 3. The van der Waals surface area contributed by atoms with Crippen LogP contribution < -0.4 is 10.2 Å². The van der Waals surface area contributed by atoms with Gasteiger partial charge in [0.2, 0.25) is 0 Å². The summed E-state index contributed by atoms with van der Waals surface area (Å²) in [6.45, 7) is 0. The zero-order valence-corrected chi connectivity index (χ0v) is 10.2.